The molecule has 1 aromatic carbocycles. The van der Waals surface area contributed by atoms with Crippen molar-refractivity contribution in [2.45, 2.75) is 51.7 Å². The van der Waals surface area contributed by atoms with Crippen LogP contribution < -0.4 is 4.90 Å². The highest BCUT2D eigenvalue weighted by Crippen LogP contribution is 2.33. The first-order chi connectivity index (χ1) is 9.17. The molecule has 102 valence electrons. The summed E-state index contributed by atoms with van der Waals surface area (Å²) in [7, 11) is 0. The van der Waals surface area contributed by atoms with Crippen LogP contribution in [0.15, 0.2) is 18.2 Å². The summed E-state index contributed by atoms with van der Waals surface area (Å²) < 4.78 is 0. The fourth-order valence-electron chi connectivity index (χ4n) is 3.06. The number of anilines is 1. The lowest BCUT2D eigenvalue weighted by Gasteiger charge is -2.32. The van der Waals surface area contributed by atoms with Crippen LogP contribution in [0.25, 0.3) is 0 Å². The van der Waals surface area contributed by atoms with E-state index in [1.165, 1.54) is 25.7 Å². The number of aliphatic hydroxyl groups excluding tert-OH is 1. The van der Waals surface area contributed by atoms with Crippen molar-refractivity contribution in [1.29, 1.82) is 5.26 Å². The van der Waals surface area contributed by atoms with Gasteiger partial charge in [0.15, 0.2) is 0 Å². The zero-order valence-electron chi connectivity index (χ0n) is 11.8. The Morgan fingerprint density at radius 3 is 2.63 bits per heavy atom. The largest absolute Gasteiger partial charge is 0.389 e. The van der Waals surface area contributed by atoms with Crippen molar-refractivity contribution >= 4 is 5.69 Å². The Labute approximate surface area is 115 Å². The predicted octanol–water partition coefficient (Wildman–Crippen LogP) is 3.38. The van der Waals surface area contributed by atoms with E-state index in [9.17, 15) is 5.11 Å². The molecular formula is C16H22N2O. The van der Waals surface area contributed by atoms with E-state index in [-0.39, 0.29) is 0 Å². The van der Waals surface area contributed by atoms with E-state index < -0.39 is 6.10 Å². The van der Waals surface area contributed by atoms with E-state index in [0.29, 0.717) is 11.6 Å². The van der Waals surface area contributed by atoms with Crippen LogP contribution in [0.5, 0.6) is 0 Å². The molecule has 0 aliphatic heterocycles. The molecule has 1 aliphatic rings. The maximum absolute atomic E-state index is 9.95. The number of benzene rings is 1. The third-order valence-corrected chi connectivity index (χ3v) is 4.03. The van der Waals surface area contributed by atoms with Gasteiger partial charge in [0.1, 0.15) is 0 Å². The Hall–Kier alpha value is -1.53. The highest BCUT2D eigenvalue weighted by Gasteiger charge is 2.24. The second kappa shape index (κ2) is 6.08. The molecule has 0 aromatic heterocycles. The van der Waals surface area contributed by atoms with Gasteiger partial charge in [0.2, 0.25) is 0 Å². The van der Waals surface area contributed by atoms with Crippen molar-refractivity contribution in [3.63, 3.8) is 0 Å². The zero-order chi connectivity index (χ0) is 13.8. The number of nitriles is 1. The Morgan fingerprint density at radius 2 is 2.11 bits per heavy atom. The third-order valence-electron chi connectivity index (χ3n) is 4.03. The summed E-state index contributed by atoms with van der Waals surface area (Å²) in [6.07, 6.45) is 4.48. The molecule has 2 rings (SSSR count). The standard InChI is InChI=1S/C16H22N2O/c1-3-18(14-6-4-5-7-14)16-10-13(11-17)8-9-15(16)12(2)19/h8-10,12,14,19H,3-7H2,1-2H3. The maximum atomic E-state index is 9.95. The molecular weight excluding hydrogens is 236 g/mol. The summed E-state index contributed by atoms with van der Waals surface area (Å²) in [5.74, 6) is 0. The van der Waals surface area contributed by atoms with Crippen LogP contribution in [0.1, 0.15) is 56.8 Å². The SMILES string of the molecule is CCN(c1cc(C#N)ccc1C(C)O)C1CCCC1. The van der Waals surface area contributed by atoms with Gasteiger partial charge in [-0.25, -0.2) is 0 Å². The van der Waals surface area contributed by atoms with Crippen molar-refractivity contribution in [1.82, 2.24) is 0 Å². The van der Waals surface area contributed by atoms with Gasteiger partial charge in [-0.15, -0.1) is 0 Å². The summed E-state index contributed by atoms with van der Waals surface area (Å²) in [5, 5.41) is 19.0. The normalized spacial score (nSPS) is 17.2. The molecule has 1 aliphatic carbocycles. The second-order valence-corrected chi connectivity index (χ2v) is 5.29. The molecule has 1 unspecified atom stereocenters. The molecule has 3 heteroatoms. The van der Waals surface area contributed by atoms with Crippen LogP contribution in [-0.4, -0.2) is 17.7 Å². The monoisotopic (exact) mass is 258 g/mol. The van der Waals surface area contributed by atoms with Crippen molar-refractivity contribution in [2.75, 3.05) is 11.4 Å². The molecule has 19 heavy (non-hydrogen) atoms. The quantitative estimate of drug-likeness (QED) is 0.900. The first-order valence-corrected chi connectivity index (χ1v) is 7.16. The molecule has 1 aromatic rings. The number of aliphatic hydroxyl groups is 1. The topological polar surface area (TPSA) is 47.3 Å². The molecule has 1 fully saturated rings. The van der Waals surface area contributed by atoms with E-state index >= 15 is 0 Å². The molecule has 0 amide bonds. The van der Waals surface area contributed by atoms with Crippen LogP contribution in [0.2, 0.25) is 0 Å². The first-order valence-electron chi connectivity index (χ1n) is 7.16. The van der Waals surface area contributed by atoms with E-state index in [2.05, 4.69) is 17.9 Å². The summed E-state index contributed by atoms with van der Waals surface area (Å²) in [6, 6.07) is 8.34. The summed E-state index contributed by atoms with van der Waals surface area (Å²) >= 11 is 0. The van der Waals surface area contributed by atoms with Gasteiger partial charge >= 0.3 is 0 Å². The Kier molecular flexibility index (Phi) is 4.44. The van der Waals surface area contributed by atoms with E-state index in [1.807, 2.05) is 12.1 Å². The molecule has 3 nitrogen and oxygen atoms in total. The minimum atomic E-state index is -0.502. The van der Waals surface area contributed by atoms with Gasteiger partial charge in [-0.3, -0.25) is 0 Å². The third kappa shape index (κ3) is 2.90. The van der Waals surface area contributed by atoms with Gasteiger partial charge < -0.3 is 10.0 Å². The molecule has 0 bridgehead atoms. The van der Waals surface area contributed by atoms with E-state index in [0.717, 1.165) is 17.8 Å². The molecule has 0 spiro atoms. The fourth-order valence-corrected chi connectivity index (χ4v) is 3.06. The van der Waals surface area contributed by atoms with E-state index in [4.69, 9.17) is 5.26 Å². The van der Waals surface area contributed by atoms with Crippen molar-refractivity contribution < 1.29 is 5.11 Å². The fraction of sp³-hybridized carbons (Fsp3) is 0.562. The van der Waals surface area contributed by atoms with Crippen molar-refractivity contribution in [2.24, 2.45) is 0 Å². The van der Waals surface area contributed by atoms with Crippen molar-refractivity contribution in [3.05, 3.63) is 29.3 Å². The lowest BCUT2D eigenvalue weighted by atomic mass is 10.0. The highest BCUT2D eigenvalue weighted by molar-refractivity contribution is 5.59. The second-order valence-electron chi connectivity index (χ2n) is 5.29. The van der Waals surface area contributed by atoms with Crippen LogP contribution in [0, 0.1) is 11.3 Å². The lowest BCUT2D eigenvalue weighted by Crippen LogP contribution is -2.34. The Bertz CT molecular complexity index is 470. The smallest absolute Gasteiger partial charge is 0.0992 e. The number of hydrogen-bond acceptors (Lipinski definition) is 3. The summed E-state index contributed by atoms with van der Waals surface area (Å²) in [4.78, 5) is 2.36. The molecule has 0 heterocycles. The van der Waals surface area contributed by atoms with Crippen LogP contribution >= 0.6 is 0 Å². The molecule has 0 saturated heterocycles. The van der Waals surface area contributed by atoms with Crippen LogP contribution in [0.3, 0.4) is 0 Å². The van der Waals surface area contributed by atoms with Gasteiger partial charge in [-0.1, -0.05) is 18.9 Å². The van der Waals surface area contributed by atoms with Crippen LogP contribution in [-0.2, 0) is 0 Å². The lowest BCUT2D eigenvalue weighted by molar-refractivity contribution is 0.199. The van der Waals surface area contributed by atoms with Gasteiger partial charge in [-0.05, 0) is 38.8 Å². The number of nitrogens with zero attached hydrogens (tertiary/aromatic N) is 2. The van der Waals surface area contributed by atoms with Crippen LogP contribution in [0.4, 0.5) is 5.69 Å². The summed E-state index contributed by atoms with van der Waals surface area (Å²) in [6.45, 7) is 4.84. The average molecular weight is 258 g/mol. The van der Waals surface area contributed by atoms with Crippen molar-refractivity contribution in [3.8, 4) is 6.07 Å². The van der Waals surface area contributed by atoms with Gasteiger partial charge in [0, 0.05) is 23.8 Å². The number of hydrogen-bond donors (Lipinski definition) is 1. The van der Waals surface area contributed by atoms with E-state index in [1.54, 1.807) is 13.0 Å². The van der Waals surface area contributed by atoms with Gasteiger partial charge in [0.05, 0.1) is 17.7 Å². The number of rotatable bonds is 4. The summed E-state index contributed by atoms with van der Waals surface area (Å²) in [5.41, 5.74) is 2.62. The Morgan fingerprint density at radius 1 is 1.42 bits per heavy atom. The molecule has 1 saturated carbocycles. The molecule has 0 radical (unpaired) electrons. The minimum Gasteiger partial charge on any atom is -0.389 e. The zero-order valence-corrected chi connectivity index (χ0v) is 11.8. The molecule has 1 N–H and O–H groups in total. The highest BCUT2D eigenvalue weighted by atomic mass is 16.3. The Balaban J connectivity index is 2.41. The molecule has 1 atom stereocenters. The van der Waals surface area contributed by atoms with Gasteiger partial charge in [0.25, 0.3) is 0 Å². The maximum Gasteiger partial charge on any atom is 0.0992 e. The minimum absolute atomic E-state index is 0.502. The average Bonchev–Trinajstić information content (AvgIpc) is 2.93. The predicted molar refractivity (Wildman–Crippen MR) is 77.1 cm³/mol. The first kappa shape index (κ1) is 13.9. The van der Waals surface area contributed by atoms with Gasteiger partial charge in [-0.2, -0.15) is 5.26 Å².